The second kappa shape index (κ2) is 9.47. The van der Waals surface area contributed by atoms with Crippen molar-refractivity contribution in [2.45, 2.75) is 19.3 Å². The molecule has 1 aromatic heterocycles. The van der Waals surface area contributed by atoms with E-state index in [1.807, 2.05) is 35.2 Å². The van der Waals surface area contributed by atoms with Gasteiger partial charge in [0.15, 0.2) is 0 Å². The van der Waals surface area contributed by atoms with Crippen LogP contribution >= 0.6 is 0 Å². The number of piperidine rings is 1. The van der Waals surface area contributed by atoms with Crippen LogP contribution in [0.4, 0.5) is 11.5 Å². The van der Waals surface area contributed by atoms with Crippen LogP contribution in [0.1, 0.15) is 19.3 Å². The molecule has 31 heavy (non-hydrogen) atoms. The molecule has 1 aliphatic rings. The van der Waals surface area contributed by atoms with Gasteiger partial charge in [0.05, 0.1) is 30.7 Å². The lowest BCUT2D eigenvalue weighted by Gasteiger charge is -2.29. The van der Waals surface area contributed by atoms with Crippen LogP contribution in [-0.4, -0.2) is 24.6 Å². The normalized spacial score (nSPS) is 14.4. The molecular formula is C24H25N3O4. The average Bonchev–Trinajstić information content (AvgIpc) is 2.81. The summed E-state index contributed by atoms with van der Waals surface area (Å²) in [6.45, 7) is 2.05. The fourth-order valence-corrected chi connectivity index (χ4v) is 4.00. The maximum atomic E-state index is 12.1. The van der Waals surface area contributed by atoms with Crippen LogP contribution in [0.5, 0.6) is 5.75 Å². The van der Waals surface area contributed by atoms with Gasteiger partial charge >= 0.3 is 0 Å². The Labute approximate surface area is 181 Å². The third-order valence-corrected chi connectivity index (χ3v) is 5.77. The summed E-state index contributed by atoms with van der Waals surface area (Å²) in [5.41, 5.74) is 2.24. The Bertz CT molecular complexity index is 1030. The first-order valence-electron chi connectivity index (χ1n) is 10.5. The predicted molar refractivity (Wildman–Crippen MR) is 119 cm³/mol. The van der Waals surface area contributed by atoms with E-state index in [0.717, 1.165) is 36.1 Å². The molecule has 0 bridgehead atoms. The van der Waals surface area contributed by atoms with Crippen LogP contribution in [0.3, 0.4) is 0 Å². The van der Waals surface area contributed by atoms with Crippen molar-refractivity contribution < 1.29 is 14.4 Å². The largest absolute Gasteiger partial charge is 0.711 e. The zero-order valence-corrected chi connectivity index (χ0v) is 17.2. The van der Waals surface area contributed by atoms with Crippen LogP contribution in [0.25, 0.3) is 11.1 Å². The highest BCUT2D eigenvalue weighted by Gasteiger charge is 2.27. The van der Waals surface area contributed by atoms with E-state index in [4.69, 9.17) is 4.74 Å². The maximum Gasteiger partial charge on any atom is 0.286 e. The van der Waals surface area contributed by atoms with Crippen LogP contribution in [0.2, 0.25) is 0 Å². The van der Waals surface area contributed by atoms with E-state index < -0.39 is 4.92 Å². The van der Waals surface area contributed by atoms with Crippen molar-refractivity contribution in [3.05, 3.63) is 88.2 Å². The Morgan fingerprint density at radius 2 is 1.74 bits per heavy atom. The third-order valence-electron chi connectivity index (χ3n) is 5.77. The molecule has 160 valence electrons. The van der Waals surface area contributed by atoms with Gasteiger partial charge < -0.3 is 9.94 Å². The minimum atomic E-state index is -0.472. The average molecular weight is 419 g/mol. The molecule has 0 amide bonds. The minimum Gasteiger partial charge on any atom is -0.711 e. The summed E-state index contributed by atoms with van der Waals surface area (Å²) in [4.78, 5) is 12.5. The summed E-state index contributed by atoms with van der Waals surface area (Å²) in [5, 5.41) is 23.1. The van der Waals surface area contributed by atoms with Crippen molar-refractivity contribution in [1.82, 2.24) is 0 Å². The number of nitro groups is 1. The van der Waals surface area contributed by atoms with Crippen molar-refractivity contribution in [3.8, 4) is 16.9 Å². The number of ether oxygens (including phenoxy) is 1. The number of nitrogens with zero attached hydrogens (tertiary/aromatic N) is 3. The van der Waals surface area contributed by atoms with E-state index in [9.17, 15) is 15.3 Å². The van der Waals surface area contributed by atoms with Crippen LogP contribution in [0, 0.1) is 21.2 Å². The van der Waals surface area contributed by atoms with Gasteiger partial charge in [-0.05, 0) is 48.4 Å². The summed E-state index contributed by atoms with van der Waals surface area (Å²) in [6.07, 6.45) is 4.00. The third kappa shape index (κ3) is 5.12. The van der Waals surface area contributed by atoms with Gasteiger partial charge in [0.2, 0.25) is 0 Å². The number of anilines is 1. The molecule has 4 rings (SSSR count). The Kier molecular flexibility index (Phi) is 6.31. The molecule has 3 aromatic rings. The molecule has 1 saturated heterocycles. The topological polar surface area (TPSA) is 82.5 Å². The summed E-state index contributed by atoms with van der Waals surface area (Å²) in [7, 11) is 0. The SMILES string of the molecule is O=[N+]([O-])c1cc[n+]([O-])c(N2CCC(CCOc3cccc(-c4ccccc4)c3)CC2)c1. The van der Waals surface area contributed by atoms with E-state index in [2.05, 4.69) is 24.3 Å². The minimum absolute atomic E-state index is 0.0599. The van der Waals surface area contributed by atoms with Crippen molar-refractivity contribution in [2.24, 2.45) is 5.92 Å². The van der Waals surface area contributed by atoms with Crippen molar-refractivity contribution in [1.29, 1.82) is 0 Å². The molecule has 0 spiro atoms. The Balaban J connectivity index is 1.28. The van der Waals surface area contributed by atoms with E-state index in [1.165, 1.54) is 18.3 Å². The molecule has 7 heteroatoms. The van der Waals surface area contributed by atoms with Crippen LogP contribution < -0.4 is 14.4 Å². The Hall–Kier alpha value is -3.61. The van der Waals surface area contributed by atoms with E-state index >= 15 is 0 Å². The summed E-state index contributed by atoms with van der Waals surface area (Å²) in [6, 6.07) is 20.9. The summed E-state index contributed by atoms with van der Waals surface area (Å²) in [5.74, 6) is 1.72. The number of benzene rings is 2. The van der Waals surface area contributed by atoms with E-state index in [0.29, 0.717) is 36.2 Å². The Morgan fingerprint density at radius 1 is 1.00 bits per heavy atom. The number of hydrogen-bond donors (Lipinski definition) is 0. The van der Waals surface area contributed by atoms with E-state index in [1.54, 1.807) is 0 Å². The van der Waals surface area contributed by atoms with Crippen molar-refractivity contribution in [2.75, 3.05) is 24.6 Å². The van der Waals surface area contributed by atoms with Gasteiger partial charge in [0.1, 0.15) is 18.0 Å². The second-order valence-corrected chi connectivity index (χ2v) is 7.79. The second-order valence-electron chi connectivity index (χ2n) is 7.79. The summed E-state index contributed by atoms with van der Waals surface area (Å²) >= 11 is 0. The summed E-state index contributed by atoms with van der Waals surface area (Å²) < 4.78 is 6.71. The standard InChI is InChI=1S/C24H25N3O4/c28-26-15-11-22(27(29)30)18-24(26)25-13-9-19(10-14-25)12-16-31-23-8-4-7-21(17-23)20-5-2-1-3-6-20/h1-8,11,15,17-19H,9-10,12-14,16H2. The molecule has 2 heterocycles. The predicted octanol–water partition coefficient (Wildman–Crippen LogP) is 4.58. The van der Waals surface area contributed by atoms with Gasteiger partial charge in [-0.15, -0.1) is 0 Å². The van der Waals surface area contributed by atoms with Gasteiger partial charge in [-0.1, -0.05) is 42.5 Å². The van der Waals surface area contributed by atoms with Gasteiger partial charge in [0.25, 0.3) is 11.5 Å². The highest BCUT2D eigenvalue weighted by molar-refractivity contribution is 5.64. The quantitative estimate of drug-likeness (QED) is 0.242. The zero-order chi connectivity index (χ0) is 21.6. The van der Waals surface area contributed by atoms with Gasteiger partial charge in [-0.25, -0.2) is 4.73 Å². The molecule has 0 N–H and O–H groups in total. The first-order chi connectivity index (χ1) is 15.1. The molecule has 0 aliphatic carbocycles. The lowest BCUT2D eigenvalue weighted by Crippen LogP contribution is -2.42. The molecule has 0 atom stereocenters. The van der Waals surface area contributed by atoms with Gasteiger partial charge in [0, 0.05) is 0 Å². The lowest BCUT2D eigenvalue weighted by molar-refractivity contribution is -0.593. The molecule has 1 fully saturated rings. The number of aromatic nitrogens is 1. The number of rotatable bonds is 7. The van der Waals surface area contributed by atoms with Gasteiger partial charge in [-0.2, -0.15) is 0 Å². The molecule has 1 aliphatic heterocycles. The van der Waals surface area contributed by atoms with Crippen molar-refractivity contribution in [3.63, 3.8) is 0 Å². The lowest BCUT2D eigenvalue weighted by atomic mass is 9.94. The fourth-order valence-electron chi connectivity index (χ4n) is 4.00. The Morgan fingerprint density at radius 3 is 2.48 bits per heavy atom. The number of pyridine rings is 1. The van der Waals surface area contributed by atoms with E-state index in [-0.39, 0.29) is 5.69 Å². The van der Waals surface area contributed by atoms with Crippen molar-refractivity contribution >= 4 is 11.5 Å². The molecule has 2 aromatic carbocycles. The molecule has 0 radical (unpaired) electrons. The zero-order valence-electron chi connectivity index (χ0n) is 17.2. The first kappa shape index (κ1) is 20.7. The molecule has 0 saturated carbocycles. The van der Waals surface area contributed by atoms with Crippen LogP contribution in [0.15, 0.2) is 72.9 Å². The van der Waals surface area contributed by atoms with Gasteiger partial charge in [-0.3, -0.25) is 15.0 Å². The smallest absolute Gasteiger partial charge is 0.286 e. The maximum absolute atomic E-state index is 12.1. The molecular weight excluding hydrogens is 394 g/mol. The highest BCUT2D eigenvalue weighted by Crippen LogP contribution is 2.27. The number of hydrogen-bond acceptors (Lipinski definition) is 5. The molecule has 7 nitrogen and oxygen atoms in total. The highest BCUT2D eigenvalue weighted by atomic mass is 16.6. The van der Waals surface area contributed by atoms with Crippen LogP contribution in [-0.2, 0) is 0 Å². The first-order valence-corrected chi connectivity index (χ1v) is 10.5. The molecule has 0 unspecified atom stereocenters. The fraction of sp³-hybridized carbons (Fsp3) is 0.292. The monoisotopic (exact) mass is 419 g/mol.